The first kappa shape index (κ1) is 8.10. The van der Waals surface area contributed by atoms with Gasteiger partial charge >= 0.3 is 0 Å². The van der Waals surface area contributed by atoms with E-state index < -0.39 is 11.9 Å². The Kier molecular flexibility index (Phi) is 3.62. The molecule has 0 aromatic rings. The third-order valence-electron chi connectivity index (χ3n) is 0.899. The van der Waals surface area contributed by atoms with Crippen molar-refractivity contribution in [3.8, 4) is 0 Å². The Morgan fingerprint density at radius 2 is 2.22 bits per heavy atom. The predicted octanol–water partition coefficient (Wildman–Crippen LogP) is -1.22. The Morgan fingerprint density at radius 1 is 1.67 bits per heavy atom. The summed E-state index contributed by atoms with van der Waals surface area (Å²) in [4.78, 5) is 19.9. The summed E-state index contributed by atoms with van der Waals surface area (Å²) in [5, 5.41) is 0. The quantitative estimate of drug-likeness (QED) is 0.467. The van der Waals surface area contributed by atoms with Gasteiger partial charge in [0.05, 0.1) is 6.04 Å². The van der Waals surface area contributed by atoms with Gasteiger partial charge in [0.25, 0.3) is 0 Å². The van der Waals surface area contributed by atoms with Gasteiger partial charge < -0.3 is 16.3 Å². The summed E-state index contributed by atoms with van der Waals surface area (Å²) >= 11 is 0. The van der Waals surface area contributed by atoms with Crippen molar-refractivity contribution < 1.29 is 9.59 Å². The number of hydrogen-bond donors (Lipinski definition) is 2. The molecule has 0 saturated carbocycles. The second-order valence-electron chi connectivity index (χ2n) is 1.80. The van der Waals surface area contributed by atoms with Crippen molar-refractivity contribution in [1.82, 2.24) is 0 Å². The lowest BCUT2D eigenvalue weighted by Crippen LogP contribution is -2.24. The molecule has 1 amide bonds. The van der Waals surface area contributed by atoms with Crippen molar-refractivity contribution in [1.29, 1.82) is 0 Å². The highest BCUT2D eigenvalue weighted by atomic mass is 16.1. The maximum atomic E-state index is 10.1. The first-order valence-corrected chi connectivity index (χ1v) is 2.66. The van der Waals surface area contributed by atoms with Crippen LogP contribution in [0.4, 0.5) is 0 Å². The van der Waals surface area contributed by atoms with Crippen LogP contribution in [0.3, 0.4) is 0 Å². The molecule has 0 aromatic heterocycles. The maximum absolute atomic E-state index is 10.1. The van der Waals surface area contributed by atoms with Crippen LogP contribution in [0.15, 0.2) is 0 Å². The summed E-state index contributed by atoms with van der Waals surface area (Å²) < 4.78 is 0. The van der Waals surface area contributed by atoms with Gasteiger partial charge in [-0.05, 0) is 6.42 Å². The van der Waals surface area contributed by atoms with Crippen molar-refractivity contribution >= 4 is 12.2 Å². The van der Waals surface area contributed by atoms with Gasteiger partial charge in [0.15, 0.2) is 0 Å². The van der Waals surface area contributed by atoms with Crippen LogP contribution < -0.4 is 11.5 Å². The summed E-state index contributed by atoms with van der Waals surface area (Å²) in [6.07, 6.45) is 1.13. The van der Waals surface area contributed by atoms with Gasteiger partial charge in [-0.1, -0.05) is 0 Å². The molecule has 0 radical (unpaired) electrons. The molecule has 0 heterocycles. The van der Waals surface area contributed by atoms with Crippen molar-refractivity contribution in [2.75, 3.05) is 0 Å². The molecule has 0 rings (SSSR count). The average molecular weight is 130 g/mol. The normalized spacial score (nSPS) is 12.6. The number of primary amides is 1. The van der Waals surface area contributed by atoms with E-state index in [2.05, 4.69) is 0 Å². The number of carbonyl (C=O) groups excluding carboxylic acids is 2. The molecule has 4 heteroatoms. The van der Waals surface area contributed by atoms with Crippen LogP contribution in [0.2, 0.25) is 0 Å². The Morgan fingerprint density at radius 3 is 2.56 bits per heavy atom. The second-order valence-corrected chi connectivity index (χ2v) is 1.80. The first-order valence-electron chi connectivity index (χ1n) is 2.66. The van der Waals surface area contributed by atoms with Gasteiger partial charge in [0.2, 0.25) is 5.91 Å². The number of amides is 1. The van der Waals surface area contributed by atoms with Gasteiger partial charge in [-0.2, -0.15) is 0 Å². The van der Waals surface area contributed by atoms with Crippen LogP contribution in [0.25, 0.3) is 0 Å². The van der Waals surface area contributed by atoms with Crippen LogP contribution in [0.5, 0.6) is 0 Å². The van der Waals surface area contributed by atoms with Crippen LogP contribution in [-0.4, -0.2) is 18.2 Å². The maximum Gasteiger partial charge on any atom is 0.217 e. The fourth-order valence-electron chi connectivity index (χ4n) is 0.377. The molecule has 4 N–H and O–H groups in total. The summed E-state index contributed by atoms with van der Waals surface area (Å²) in [7, 11) is 0. The van der Waals surface area contributed by atoms with Crippen LogP contribution in [-0.2, 0) is 9.59 Å². The zero-order valence-electron chi connectivity index (χ0n) is 5.04. The van der Waals surface area contributed by atoms with E-state index in [4.69, 9.17) is 11.5 Å². The third-order valence-corrected chi connectivity index (χ3v) is 0.899. The zero-order chi connectivity index (χ0) is 7.28. The van der Waals surface area contributed by atoms with Gasteiger partial charge in [0.1, 0.15) is 6.29 Å². The average Bonchev–Trinajstić information content (AvgIpc) is 1.83. The molecule has 0 spiro atoms. The van der Waals surface area contributed by atoms with Crippen LogP contribution >= 0.6 is 0 Å². The monoisotopic (exact) mass is 130 g/mol. The second kappa shape index (κ2) is 4.03. The largest absolute Gasteiger partial charge is 0.370 e. The summed E-state index contributed by atoms with van der Waals surface area (Å²) in [6, 6.07) is -0.544. The molecule has 4 nitrogen and oxygen atoms in total. The molecule has 0 saturated heterocycles. The third kappa shape index (κ3) is 4.96. The summed E-state index contributed by atoms with van der Waals surface area (Å²) in [5.74, 6) is -0.424. The highest BCUT2D eigenvalue weighted by Gasteiger charge is 2.00. The lowest BCUT2D eigenvalue weighted by molar-refractivity contribution is -0.118. The molecule has 1 atom stereocenters. The Balaban J connectivity index is 3.26. The molecule has 9 heavy (non-hydrogen) atoms. The fraction of sp³-hybridized carbons (Fsp3) is 0.600. The number of aldehydes is 1. The molecular weight excluding hydrogens is 120 g/mol. The summed E-state index contributed by atoms with van der Waals surface area (Å²) in [6.45, 7) is 0. The highest BCUT2D eigenvalue weighted by Crippen LogP contribution is 1.88. The van der Waals surface area contributed by atoms with E-state index in [0.717, 1.165) is 0 Å². The molecule has 52 valence electrons. The van der Waals surface area contributed by atoms with E-state index in [9.17, 15) is 9.59 Å². The zero-order valence-corrected chi connectivity index (χ0v) is 5.04. The van der Waals surface area contributed by atoms with E-state index in [-0.39, 0.29) is 6.42 Å². The minimum atomic E-state index is -0.544. The minimum Gasteiger partial charge on any atom is -0.370 e. The van der Waals surface area contributed by atoms with Crippen molar-refractivity contribution in [2.24, 2.45) is 11.5 Å². The van der Waals surface area contributed by atoms with Crippen molar-refractivity contribution in [2.45, 2.75) is 18.9 Å². The number of rotatable bonds is 4. The molecule has 1 unspecified atom stereocenters. The first-order chi connectivity index (χ1) is 4.16. The van der Waals surface area contributed by atoms with E-state index in [1.54, 1.807) is 0 Å². The van der Waals surface area contributed by atoms with Crippen LogP contribution in [0, 0.1) is 0 Å². The SMILES string of the molecule is NC(=O)CCC(N)C=O. The van der Waals surface area contributed by atoms with E-state index >= 15 is 0 Å². The number of hydrogen-bond acceptors (Lipinski definition) is 3. The standard InChI is InChI=1S/C5H10N2O2/c6-4(3-8)1-2-5(7)9/h3-4H,1-2,6H2,(H2,7,9). The fourth-order valence-corrected chi connectivity index (χ4v) is 0.377. The number of carbonyl (C=O) groups is 2. The van der Waals surface area contributed by atoms with Gasteiger partial charge in [0, 0.05) is 6.42 Å². The minimum absolute atomic E-state index is 0.180. The predicted molar refractivity (Wildman–Crippen MR) is 32.5 cm³/mol. The highest BCUT2D eigenvalue weighted by molar-refractivity contribution is 5.74. The molecule has 0 aromatic carbocycles. The molecule has 0 aliphatic rings. The lowest BCUT2D eigenvalue weighted by atomic mass is 10.2. The smallest absolute Gasteiger partial charge is 0.217 e. The lowest BCUT2D eigenvalue weighted by Gasteiger charge is -1.98. The molecule has 0 bridgehead atoms. The van der Waals surface area contributed by atoms with Gasteiger partial charge in [-0.15, -0.1) is 0 Å². The Labute approximate surface area is 53.2 Å². The van der Waals surface area contributed by atoms with Gasteiger partial charge in [-0.3, -0.25) is 4.79 Å². The topological polar surface area (TPSA) is 86.2 Å². The Hall–Kier alpha value is -0.900. The van der Waals surface area contributed by atoms with Crippen molar-refractivity contribution in [3.63, 3.8) is 0 Å². The number of nitrogens with two attached hydrogens (primary N) is 2. The Bertz CT molecular complexity index is 114. The van der Waals surface area contributed by atoms with E-state index in [1.807, 2.05) is 0 Å². The molecule has 0 fully saturated rings. The van der Waals surface area contributed by atoms with Gasteiger partial charge in [-0.25, -0.2) is 0 Å². The van der Waals surface area contributed by atoms with E-state index in [0.29, 0.717) is 12.7 Å². The van der Waals surface area contributed by atoms with Crippen LogP contribution in [0.1, 0.15) is 12.8 Å². The van der Waals surface area contributed by atoms with E-state index in [1.165, 1.54) is 0 Å². The molecule has 0 aliphatic carbocycles. The molecular formula is C5H10N2O2. The van der Waals surface area contributed by atoms with Crippen molar-refractivity contribution in [3.05, 3.63) is 0 Å². The molecule has 0 aliphatic heterocycles. The summed E-state index contributed by atoms with van der Waals surface area (Å²) in [5.41, 5.74) is 9.93.